The van der Waals surface area contributed by atoms with Gasteiger partial charge in [0.05, 0.1) is 16.9 Å². The van der Waals surface area contributed by atoms with Crippen molar-refractivity contribution in [2.24, 2.45) is 0 Å². The summed E-state index contributed by atoms with van der Waals surface area (Å²) >= 11 is 0. The first-order valence-corrected chi connectivity index (χ1v) is 5.07. The Hall–Kier alpha value is -0.860. The van der Waals surface area contributed by atoms with Crippen molar-refractivity contribution in [3.63, 3.8) is 0 Å². The zero-order valence-corrected chi connectivity index (χ0v) is 10.3. The van der Waals surface area contributed by atoms with Gasteiger partial charge in [0.15, 0.2) is 0 Å². The average Bonchev–Trinajstić information content (AvgIpc) is 2.27. The topological polar surface area (TPSA) is 30.7 Å². The zero-order valence-electron chi connectivity index (χ0n) is 10.3. The van der Waals surface area contributed by atoms with Gasteiger partial charge < -0.3 is 0 Å². The molecule has 0 saturated carbocycles. The summed E-state index contributed by atoms with van der Waals surface area (Å²) in [5.41, 5.74) is 2.36. The maximum absolute atomic E-state index is 4.22. The Morgan fingerprint density at radius 2 is 1.50 bits per heavy atom. The summed E-state index contributed by atoms with van der Waals surface area (Å²) < 4.78 is 2.03. The van der Waals surface area contributed by atoms with Crippen molar-refractivity contribution >= 4 is 0 Å². The van der Waals surface area contributed by atoms with Gasteiger partial charge in [0, 0.05) is 5.41 Å². The molecule has 0 unspecified atom stereocenters. The van der Waals surface area contributed by atoms with Gasteiger partial charge in [-0.25, -0.2) is 4.68 Å². The number of nitrogens with zero attached hydrogens (tertiary/aromatic N) is 3. The van der Waals surface area contributed by atoms with Crippen LogP contribution in [0.2, 0.25) is 0 Å². The third-order valence-electron chi connectivity index (χ3n) is 2.18. The monoisotopic (exact) mass is 195 g/mol. The van der Waals surface area contributed by atoms with E-state index >= 15 is 0 Å². The molecule has 0 aliphatic heterocycles. The molecule has 1 heterocycles. The molecule has 0 fully saturated rings. The van der Waals surface area contributed by atoms with E-state index in [2.05, 4.69) is 51.9 Å². The van der Waals surface area contributed by atoms with Crippen molar-refractivity contribution in [1.82, 2.24) is 15.0 Å². The molecule has 1 aromatic rings. The third-order valence-corrected chi connectivity index (χ3v) is 2.18. The number of hydrogen-bond donors (Lipinski definition) is 0. The Balaban J connectivity index is 3.35. The summed E-state index contributed by atoms with van der Waals surface area (Å²) in [4.78, 5) is 0. The molecule has 0 radical (unpaired) electrons. The van der Waals surface area contributed by atoms with Crippen molar-refractivity contribution in [2.75, 3.05) is 0 Å². The highest BCUT2D eigenvalue weighted by Gasteiger charge is 2.28. The standard InChI is InChI=1S/C11H21N3/c1-8-9(10(2,3)4)14(13-12-8)11(5,6)7/h1-7H3. The highest BCUT2D eigenvalue weighted by Crippen LogP contribution is 2.28. The molecule has 80 valence electrons. The molecular weight excluding hydrogens is 174 g/mol. The summed E-state index contributed by atoms with van der Waals surface area (Å²) in [6.07, 6.45) is 0. The lowest BCUT2D eigenvalue weighted by molar-refractivity contribution is 0.316. The van der Waals surface area contributed by atoms with E-state index in [-0.39, 0.29) is 11.0 Å². The molecule has 0 aliphatic rings. The van der Waals surface area contributed by atoms with Crippen LogP contribution in [0, 0.1) is 6.92 Å². The Kier molecular flexibility index (Phi) is 2.46. The van der Waals surface area contributed by atoms with Gasteiger partial charge in [-0.15, -0.1) is 5.10 Å². The lowest BCUT2D eigenvalue weighted by Crippen LogP contribution is -2.30. The molecular formula is C11H21N3. The molecule has 0 atom stereocenters. The zero-order chi connectivity index (χ0) is 11.1. The smallest absolute Gasteiger partial charge is 0.0834 e. The second-order valence-corrected chi connectivity index (χ2v) is 5.86. The number of aromatic nitrogens is 3. The van der Waals surface area contributed by atoms with Crippen LogP contribution in [-0.4, -0.2) is 15.0 Å². The molecule has 0 amide bonds. The molecule has 0 aromatic carbocycles. The van der Waals surface area contributed by atoms with Crippen molar-refractivity contribution in [3.05, 3.63) is 11.4 Å². The van der Waals surface area contributed by atoms with Gasteiger partial charge in [-0.3, -0.25) is 0 Å². The van der Waals surface area contributed by atoms with Gasteiger partial charge in [-0.1, -0.05) is 26.0 Å². The molecule has 3 heteroatoms. The molecule has 3 nitrogen and oxygen atoms in total. The molecule has 1 rings (SSSR count). The van der Waals surface area contributed by atoms with E-state index in [4.69, 9.17) is 0 Å². The van der Waals surface area contributed by atoms with Gasteiger partial charge in [0.2, 0.25) is 0 Å². The summed E-state index contributed by atoms with van der Waals surface area (Å²) in [5, 5.41) is 8.38. The molecule has 0 saturated heterocycles. The highest BCUT2D eigenvalue weighted by molar-refractivity contribution is 5.18. The highest BCUT2D eigenvalue weighted by atomic mass is 15.5. The average molecular weight is 195 g/mol. The maximum atomic E-state index is 4.22. The first kappa shape index (κ1) is 11.2. The van der Waals surface area contributed by atoms with Crippen LogP contribution in [0.25, 0.3) is 0 Å². The van der Waals surface area contributed by atoms with Crippen molar-refractivity contribution < 1.29 is 0 Å². The van der Waals surface area contributed by atoms with Crippen LogP contribution >= 0.6 is 0 Å². The minimum atomic E-state index is 0.00384. The van der Waals surface area contributed by atoms with Crippen molar-refractivity contribution in [2.45, 2.75) is 59.4 Å². The predicted molar refractivity (Wildman–Crippen MR) is 58.5 cm³/mol. The minimum absolute atomic E-state index is 0.00384. The van der Waals surface area contributed by atoms with Crippen LogP contribution in [-0.2, 0) is 11.0 Å². The molecule has 1 aromatic heterocycles. The van der Waals surface area contributed by atoms with Gasteiger partial charge in [0.1, 0.15) is 0 Å². The first-order valence-electron chi connectivity index (χ1n) is 5.07. The van der Waals surface area contributed by atoms with Crippen LogP contribution < -0.4 is 0 Å². The summed E-state index contributed by atoms with van der Waals surface area (Å²) in [6.45, 7) is 15.1. The number of aryl methyl sites for hydroxylation is 1. The fraction of sp³-hybridized carbons (Fsp3) is 0.818. The SMILES string of the molecule is Cc1nnn(C(C)(C)C)c1C(C)(C)C. The Morgan fingerprint density at radius 3 is 1.79 bits per heavy atom. The molecule has 0 aliphatic carbocycles. The fourth-order valence-corrected chi connectivity index (χ4v) is 1.69. The minimum Gasteiger partial charge on any atom is -0.243 e. The normalized spacial score (nSPS) is 13.4. The Labute approximate surface area is 86.5 Å². The van der Waals surface area contributed by atoms with E-state index in [0.717, 1.165) is 5.69 Å². The van der Waals surface area contributed by atoms with E-state index < -0.39 is 0 Å². The van der Waals surface area contributed by atoms with Gasteiger partial charge >= 0.3 is 0 Å². The number of hydrogen-bond acceptors (Lipinski definition) is 2. The second kappa shape index (κ2) is 3.07. The largest absolute Gasteiger partial charge is 0.243 e. The van der Waals surface area contributed by atoms with E-state index in [1.807, 2.05) is 11.6 Å². The fourth-order valence-electron chi connectivity index (χ4n) is 1.69. The Bertz CT molecular complexity index is 323. The maximum Gasteiger partial charge on any atom is 0.0834 e. The molecule has 0 bridgehead atoms. The number of rotatable bonds is 0. The lowest BCUT2D eigenvalue weighted by atomic mass is 9.89. The van der Waals surface area contributed by atoms with Gasteiger partial charge in [-0.2, -0.15) is 0 Å². The summed E-state index contributed by atoms with van der Waals surface area (Å²) in [6, 6.07) is 0. The van der Waals surface area contributed by atoms with Gasteiger partial charge in [0.25, 0.3) is 0 Å². The quantitative estimate of drug-likeness (QED) is 0.637. The van der Waals surface area contributed by atoms with Crippen LogP contribution in [0.15, 0.2) is 0 Å². The molecule has 0 N–H and O–H groups in total. The summed E-state index contributed by atoms with van der Waals surface area (Å²) in [5.74, 6) is 0. The van der Waals surface area contributed by atoms with Crippen LogP contribution in [0.4, 0.5) is 0 Å². The molecule has 14 heavy (non-hydrogen) atoms. The van der Waals surface area contributed by atoms with Gasteiger partial charge in [-0.05, 0) is 27.7 Å². The van der Waals surface area contributed by atoms with E-state index in [0.29, 0.717) is 0 Å². The van der Waals surface area contributed by atoms with Crippen LogP contribution in [0.1, 0.15) is 52.9 Å². The van der Waals surface area contributed by atoms with E-state index in [9.17, 15) is 0 Å². The van der Waals surface area contributed by atoms with Crippen molar-refractivity contribution in [1.29, 1.82) is 0 Å². The van der Waals surface area contributed by atoms with E-state index in [1.54, 1.807) is 0 Å². The van der Waals surface area contributed by atoms with Crippen molar-refractivity contribution in [3.8, 4) is 0 Å². The first-order chi connectivity index (χ1) is 6.14. The predicted octanol–water partition coefficient (Wildman–Crippen LogP) is 2.64. The van der Waals surface area contributed by atoms with Crippen LogP contribution in [0.5, 0.6) is 0 Å². The lowest BCUT2D eigenvalue weighted by Gasteiger charge is -2.27. The Morgan fingerprint density at radius 1 is 1.00 bits per heavy atom. The third kappa shape index (κ3) is 1.97. The van der Waals surface area contributed by atoms with Crippen LogP contribution in [0.3, 0.4) is 0 Å². The second-order valence-electron chi connectivity index (χ2n) is 5.86. The molecule has 0 spiro atoms. The van der Waals surface area contributed by atoms with E-state index in [1.165, 1.54) is 5.69 Å². The summed E-state index contributed by atoms with van der Waals surface area (Å²) in [7, 11) is 0.